The topological polar surface area (TPSA) is 169 Å². The normalized spacial score (nSPS) is 20.4. The molecule has 3 amide bonds. The molecular formula is C30H35FN4O8. The van der Waals surface area contributed by atoms with Crippen LogP contribution in [-0.4, -0.2) is 78.1 Å². The number of carboxylic acids is 1. The number of carboxylic acid groups (broad SMARTS) is 1. The summed E-state index contributed by atoms with van der Waals surface area (Å²) >= 11 is 0. The summed E-state index contributed by atoms with van der Waals surface area (Å²) in [6.07, 6.45) is 0.158. The lowest BCUT2D eigenvalue weighted by atomic mass is 9.90. The lowest BCUT2D eigenvalue weighted by molar-refractivity contribution is -0.156. The number of urea groups is 1. The summed E-state index contributed by atoms with van der Waals surface area (Å²) in [4.78, 5) is 67.3. The molecule has 13 heteroatoms. The quantitative estimate of drug-likeness (QED) is 0.306. The van der Waals surface area contributed by atoms with Crippen LogP contribution in [0.4, 0.5) is 20.6 Å². The van der Waals surface area contributed by atoms with E-state index in [1.165, 1.54) is 35.2 Å². The van der Waals surface area contributed by atoms with E-state index in [0.29, 0.717) is 19.5 Å². The van der Waals surface area contributed by atoms with Crippen LogP contribution in [-0.2, 0) is 30.3 Å². The number of esters is 1. The number of aldehydes is 1. The van der Waals surface area contributed by atoms with E-state index in [4.69, 9.17) is 15.2 Å². The van der Waals surface area contributed by atoms with Crippen LogP contribution in [0.25, 0.3) is 0 Å². The van der Waals surface area contributed by atoms with Gasteiger partial charge in [-0.1, -0.05) is 24.3 Å². The molecule has 0 radical (unpaired) electrons. The van der Waals surface area contributed by atoms with Gasteiger partial charge in [0.25, 0.3) is 0 Å². The number of halogens is 1. The van der Waals surface area contributed by atoms with Gasteiger partial charge >= 0.3 is 18.0 Å². The van der Waals surface area contributed by atoms with Crippen LogP contribution in [0.5, 0.6) is 0 Å². The number of hydrogen-bond acceptors (Lipinski definition) is 8. The van der Waals surface area contributed by atoms with E-state index in [2.05, 4.69) is 5.32 Å². The molecular weight excluding hydrogens is 563 g/mol. The maximum Gasteiger partial charge on any atom is 0.337 e. The molecule has 3 atom stereocenters. The van der Waals surface area contributed by atoms with Crippen LogP contribution >= 0.6 is 0 Å². The fourth-order valence-corrected chi connectivity index (χ4v) is 5.68. The van der Waals surface area contributed by atoms with E-state index in [9.17, 15) is 29.1 Å². The Morgan fingerprint density at radius 3 is 2.40 bits per heavy atom. The van der Waals surface area contributed by atoms with Gasteiger partial charge in [0, 0.05) is 25.1 Å². The highest BCUT2D eigenvalue weighted by Gasteiger charge is 2.52. The number of rotatable bonds is 8. The van der Waals surface area contributed by atoms with Crippen LogP contribution in [0.15, 0.2) is 36.4 Å². The average Bonchev–Trinajstić information content (AvgIpc) is 3.33. The molecule has 2 aliphatic heterocycles. The molecule has 12 nitrogen and oxygen atoms in total. The molecule has 4 N–H and O–H groups in total. The number of nitrogens with one attached hydrogen (secondary N) is 1. The number of amides is 3. The third-order valence-electron chi connectivity index (χ3n) is 7.34. The Morgan fingerprint density at radius 1 is 1.14 bits per heavy atom. The third-order valence-corrected chi connectivity index (χ3v) is 7.34. The number of carbonyl (C=O) groups is 5. The standard InChI is InChI=1S/C30H35FN4O8/c1-30(2,3)43-28(40)22-16-20(26(37)34-11-14-42-15-12-34)24(18-6-4-5-7-21(18)31)35(22)25-19(27(38)39)9-8-17(10-13-36)23(25)33-29(32)41/h4-9,13,20,22,24H,10-12,14-16H2,1-3H3,(H,38,39)(H3,32,33,41). The molecule has 0 bridgehead atoms. The molecule has 3 unspecified atom stereocenters. The first-order chi connectivity index (χ1) is 20.3. The van der Waals surface area contributed by atoms with E-state index >= 15 is 4.39 Å². The van der Waals surface area contributed by atoms with E-state index < -0.39 is 47.4 Å². The number of nitrogens with two attached hydrogens (primary N) is 1. The van der Waals surface area contributed by atoms with Crippen molar-refractivity contribution in [2.75, 3.05) is 36.5 Å². The van der Waals surface area contributed by atoms with Gasteiger partial charge in [0.2, 0.25) is 5.91 Å². The fraction of sp³-hybridized carbons (Fsp3) is 0.433. The predicted octanol–water partition coefficient (Wildman–Crippen LogP) is 2.89. The van der Waals surface area contributed by atoms with Crippen molar-refractivity contribution in [2.24, 2.45) is 11.7 Å². The second-order valence-corrected chi connectivity index (χ2v) is 11.4. The Labute approximate surface area is 247 Å². The van der Waals surface area contributed by atoms with E-state index in [1.807, 2.05) is 0 Å². The monoisotopic (exact) mass is 598 g/mol. The minimum atomic E-state index is -1.43. The van der Waals surface area contributed by atoms with Crippen molar-refractivity contribution in [3.63, 3.8) is 0 Å². The van der Waals surface area contributed by atoms with Crippen LogP contribution in [0, 0.1) is 11.7 Å². The zero-order valence-electron chi connectivity index (χ0n) is 24.2. The largest absolute Gasteiger partial charge is 0.478 e. The van der Waals surface area contributed by atoms with Gasteiger partial charge in [0.05, 0.1) is 42.1 Å². The van der Waals surface area contributed by atoms with Crippen molar-refractivity contribution in [3.8, 4) is 0 Å². The Hall–Kier alpha value is -4.52. The van der Waals surface area contributed by atoms with Crippen molar-refractivity contribution < 1.29 is 42.9 Å². The summed E-state index contributed by atoms with van der Waals surface area (Å²) in [5, 5.41) is 12.7. The Balaban J connectivity index is 2.05. The summed E-state index contributed by atoms with van der Waals surface area (Å²) in [6.45, 7) is 6.12. The van der Waals surface area contributed by atoms with Crippen LogP contribution in [0.1, 0.15) is 54.7 Å². The number of benzene rings is 2. The van der Waals surface area contributed by atoms with Crippen molar-refractivity contribution in [3.05, 3.63) is 58.9 Å². The first-order valence-corrected chi connectivity index (χ1v) is 13.9. The third kappa shape index (κ3) is 6.77. The van der Waals surface area contributed by atoms with E-state index in [-0.39, 0.29) is 59.9 Å². The van der Waals surface area contributed by atoms with Gasteiger partial charge in [0.1, 0.15) is 23.7 Å². The highest BCUT2D eigenvalue weighted by Crippen LogP contribution is 2.50. The molecule has 230 valence electrons. The molecule has 2 saturated heterocycles. The molecule has 2 aliphatic rings. The maximum absolute atomic E-state index is 15.6. The zero-order valence-corrected chi connectivity index (χ0v) is 24.2. The lowest BCUT2D eigenvalue weighted by Gasteiger charge is -2.37. The summed E-state index contributed by atoms with van der Waals surface area (Å²) < 4.78 is 26.8. The highest BCUT2D eigenvalue weighted by molar-refractivity contribution is 6.05. The van der Waals surface area contributed by atoms with Crippen molar-refractivity contribution in [1.82, 2.24) is 4.90 Å². The highest BCUT2D eigenvalue weighted by atomic mass is 19.1. The van der Waals surface area contributed by atoms with Crippen molar-refractivity contribution in [2.45, 2.75) is 51.3 Å². The Bertz CT molecular complexity index is 1420. The average molecular weight is 599 g/mol. The van der Waals surface area contributed by atoms with Gasteiger partial charge in [-0.15, -0.1) is 0 Å². The molecule has 0 aliphatic carbocycles. The number of primary amides is 1. The van der Waals surface area contributed by atoms with Gasteiger partial charge in [-0.2, -0.15) is 0 Å². The molecule has 2 heterocycles. The SMILES string of the molecule is CC(C)(C)OC(=O)C1CC(C(=O)N2CCOCC2)C(c2ccccc2F)N1c1c(C(=O)O)ccc(CC=O)c1NC(N)=O. The second kappa shape index (κ2) is 12.8. The van der Waals surface area contributed by atoms with Crippen LogP contribution in [0.3, 0.4) is 0 Å². The summed E-state index contributed by atoms with van der Waals surface area (Å²) in [6, 6.07) is 4.70. The van der Waals surface area contributed by atoms with Gasteiger partial charge in [-0.05, 0) is 44.9 Å². The number of anilines is 2. The summed E-state index contributed by atoms with van der Waals surface area (Å²) in [7, 11) is 0. The van der Waals surface area contributed by atoms with Gasteiger partial charge in [-0.3, -0.25) is 4.79 Å². The second-order valence-electron chi connectivity index (χ2n) is 11.4. The number of ether oxygens (including phenoxy) is 2. The number of aromatic carboxylic acids is 1. The molecule has 2 fully saturated rings. The van der Waals surface area contributed by atoms with E-state index in [1.54, 1.807) is 31.7 Å². The molecule has 2 aromatic rings. The molecule has 43 heavy (non-hydrogen) atoms. The number of nitrogens with zero attached hydrogens (tertiary/aromatic N) is 2. The zero-order chi connectivity index (χ0) is 31.5. The molecule has 0 aromatic heterocycles. The van der Waals surface area contributed by atoms with Crippen LogP contribution in [0.2, 0.25) is 0 Å². The molecule has 2 aromatic carbocycles. The molecule has 0 spiro atoms. The number of morpholine rings is 1. The summed E-state index contributed by atoms with van der Waals surface area (Å²) in [5.74, 6) is -4.32. The minimum absolute atomic E-state index is 0.0299. The van der Waals surface area contributed by atoms with Crippen LogP contribution < -0.4 is 16.0 Å². The van der Waals surface area contributed by atoms with Crippen molar-refractivity contribution in [1.29, 1.82) is 0 Å². The fourth-order valence-electron chi connectivity index (χ4n) is 5.68. The molecule has 4 rings (SSSR count). The van der Waals surface area contributed by atoms with Gasteiger partial charge in [-0.25, -0.2) is 18.8 Å². The first kappa shape index (κ1) is 31.4. The van der Waals surface area contributed by atoms with Gasteiger partial charge in [0.15, 0.2) is 0 Å². The first-order valence-electron chi connectivity index (χ1n) is 13.9. The smallest absolute Gasteiger partial charge is 0.337 e. The van der Waals surface area contributed by atoms with E-state index in [0.717, 1.165) is 0 Å². The number of hydrogen-bond donors (Lipinski definition) is 3. The minimum Gasteiger partial charge on any atom is -0.478 e. The Morgan fingerprint density at radius 2 is 1.81 bits per heavy atom. The Kier molecular flexibility index (Phi) is 9.34. The lowest BCUT2D eigenvalue weighted by Crippen LogP contribution is -2.45. The van der Waals surface area contributed by atoms with Crippen molar-refractivity contribution >= 4 is 41.5 Å². The summed E-state index contributed by atoms with van der Waals surface area (Å²) in [5.41, 5.74) is 4.03. The van der Waals surface area contributed by atoms with Gasteiger partial charge < -0.3 is 40.2 Å². The molecule has 0 saturated carbocycles. The number of carbonyl (C=O) groups excluding carboxylic acids is 4. The predicted molar refractivity (Wildman–Crippen MR) is 153 cm³/mol. The maximum atomic E-state index is 15.6.